The number of rotatable bonds is 5. The number of aromatic amines is 1. The van der Waals surface area contributed by atoms with Crippen molar-refractivity contribution in [3.63, 3.8) is 0 Å². The summed E-state index contributed by atoms with van der Waals surface area (Å²) < 4.78 is 0. The molecule has 2 aromatic carbocycles. The predicted octanol–water partition coefficient (Wildman–Crippen LogP) is 2.44. The van der Waals surface area contributed by atoms with Crippen molar-refractivity contribution < 1.29 is 14.7 Å². The highest BCUT2D eigenvalue weighted by Gasteiger charge is 2.12. The Kier molecular flexibility index (Phi) is 4.21. The number of H-pyrrole nitrogens is 1. The Labute approximate surface area is 133 Å². The molecule has 23 heavy (non-hydrogen) atoms. The minimum atomic E-state index is -0.802. The van der Waals surface area contributed by atoms with Gasteiger partial charge in [-0.2, -0.15) is 0 Å². The van der Waals surface area contributed by atoms with Crippen LogP contribution in [0.1, 0.15) is 32.6 Å². The van der Waals surface area contributed by atoms with E-state index >= 15 is 0 Å². The van der Waals surface area contributed by atoms with Crippen LogP contribution in [0.3, 0.4) is 0 Å². The van der Waals surface area contributed by atoms with Crippen molar-refractivity contribution in [1.82, 2.24) is 10.3 Å². The summed E-state index contributed by atoms with van der Waals surface area (Å²) in [7, 11) is 0. The second-order valence-electron chi connectivity index (χ2n) is 5.28. The van der Waals surface area contributed by atoms with E-state index in [9.17, 15) is 14.7 Å². The van der Waals surface area contributed by atoms with Crippen LogP contribution >= 0.6 is 0 Å². The van der Waals surface area contributed by atoms with E-state index in [4.69, 9.17) is 0 Å². The average molecular weight is 308 g/mol. The van der Waals surface area contributed by atoms with E-state index in [0.29, 0.717) is 12.0 Å². The molecule has 1 atom stereocenters. The van der Waals surface area contributed by atoms with Gasteiger partial charge in [0.2, 0.25) is 0 Å². The number of nitrogens with one attached hydrogen (secondary N) is 2. The Balaban J connectivity index is 1.66. The van der Waals surface area contributed by atoms with Crippen molar-refractivity contribution in [2.75, 3.05) is 6.54 Å². The summed E-state index contributed by atoms with van der Waals surface area (Å²) in [6.07, 6.45) is -0.162. The fraction of sp³-hybridized carbons (Fsp3) is 0.111. The smallest absolute Gasteiger partial charge is 0.267 e. The molecule has 0 fully saturated rings. The monoisotopic (exact) mass is 308 g/mol. The molecular formula is C18H16N2O3. The SMILES string of the molecule is O=Cc1ccc(C(=O)NCC(O)c2ccc3ccccc3c2)[nH]1. The normalized spacial score (nSPS) is 12.0. The van der Waals surface area contributed by atoms with E-state index in [2.05, 4.69) is 10.3 Å². The molecule has 0 aliphatic carbocycles. The quantitative estimate of drug-likeness (QED) is 0.633. The molecule has 5 nitrogen and oxygen atoms in total. The lowest BCUT2D eigenvalue weighted by Gasteiger charge is -2.13. The maximum absolute atomic E-state index is 12.0. The van der Waals surface area contributed by atoms with Crippen LogP contribution in [0.25, 0.3) is 10.8 Å². The zero-order valence-electron chi connectivity index (χ0n) is 12.3. The van der Waals surface area contributed by atoms with Gasteiger partial charge in [0.1, 0.15) is 5.69 Å². The van der Waals surface area contributed by atoms with Crippen LogP contribution in [0, 0.1) is 0 Å². The van der Waals surface area contributed by atoms with Crippen molar-refractivity contribution in [2.45, 2.75) is 6.10 Å². The number of hydrogen-bond acceptors (Lipinski definition) is 3. The first kappa shape index (κ1) is 15.0. The summed E-state index contributed by atoms with van der Waals surface area (Å²) in [6.45, 7) is 0.0899. The third-order valence-electron chi connectivity index (χ3n) is 3.69. The zero-order chi connectivity index (χ0) is 16.2. The number of fused-ring (bicyclic) bond motifs is 1. The topological polar surface area (TPSA) is 82.2 Å². The minimum absolute atomic E-state index is 0.0899. The molecule has 3 rings (SSSR count). The molecule has 116 valence electrons. The van der Waals surface area contributed by atoms with E-state index in [1.165, 1.54) is 12.1 Å². The number of aliphatic hydroxyl groups is 1. The van der Waals surface area contributed by atoms with Gasteiger partial charge in [-0.15, -0.1) is 0 Å². The fourth-order valence-electron chi connectivity index (χ4n) is 2.43. The van der Waals surface area contributed by atoms with Crippen molar-refractivity contribution in [2.24, 2.45) is 0 Å². The van der Waals surface area contributed by atoms with Gasteiger partial charge in [-0.05, 0) is 34.5 Å². The molecule has 0 aliphatic heterocycles. The van der Waals surface area contributed by atoms with Crippen LogP contribution in [0.2, 0.25) is 0 Å². The summed E-state index contributed by atoms with van der Waals surface area (Å²) in [6, 6.07) is 16.6. The van der Waals surface area contributed by atoms with Crippen LogP contribution in [0.15, 0.2) is 54.6 Å². The highest BCUT2D eigenvalue weighted by molar-refractivity contribution is 5.93. The Hall–Kier alpha value is -2.92. The molecule has 0 bridgehead atoms. The molecule has 5 heteroatoms. The van der Waals surface area contributed by atoms with Gasteiger partial charge in [0.15, 0.2) is 6.29 Å². The number of aldehydes is 1. The van der Waals surface area contributed by atoms with Crippen molar-refractivity contribution in [3.8, 4) is 0 Å². The molecule has 0 radical (unpaired) electrons. The van der Waals surface area contributed by atoms with E-state index < -0.39 is 6.10 Å². The maximum Gasteiger partial charge on any atom is 0.267 e. The fourth-order valence-corrected chi connectivity index (χ4v) is 2.43. The summed E-state index contributed by atoms with van der Waals surface area (Å²) in [5.74, 6) is -0.363. The molecule has 1 aromatic heterocycles. The first-order chi connectivity index (χ1) is 11.2. The van der Waals surface area contributed by atoms with Crippen molar-refractivity contribution in [1.29, 1.82) is 0 Å². The molecule has 3 N–H and O–H groups in total. The minimum Gasteiger partial charge on any atom is -0.387 e. The summed E-state index contributed by atoms with van der Waals surface area (Å²) >= 11 is 0. The van der Waals surface area contributed by atoms with Crippen molar-refractivity contribution >= 4 is 23.0 Å². The molecule has 1 unspecified atom stereocenters. The van der Waals surface area contributed by atoms with Gasteiger partial charge < -0.3 is 15.4 Å². The molecule has 0 spiro atoms. The molecule has 0 aliphatic rings. The largest absolute Gasteiger partial charge is 0.387 e. The van der Waals surface area contributed by atoms with E-state index in [1.807, 2.05) is 42.5 Å². The predicted molar refractivity (Wildman–Crippen MR) is 87.4 cm³/mol. The third-order valence-corrected chi connectivity index (χ3v) is 3.69. The van der Waals surface area contributed by atoms with E-state index in [1.54, 1.807) is 0 Å². The number of amides is 1. The van der Waals surface area contributed by atoms with Gasteiger partial charge in [-0.25, -0.2) is 0 Å². The van der Waals surface area contributed by atoms with Crippen LogP contribution in [0.5, 0.6) is 0 Å². The second-order valence-corrected chi connectivity index (χ2v) is 5.28. The molecule has 3 aromatic rings. The molecule has 1 heterocycles. The second kappa shape index (κ2) is 6.46. The summed E-state index contributed by atoms with van der Waals surface area (Å²) in [5.41, 5.74) is 1.37. The third kappa shape index (κ3) is 3.30. The first-order valence-electron chi connectivity index (χ1n) is 7.26. The molecule has 0 saturated heterocycles. The maximum atomic E-state index is 12.0. The Morgan fingerprint density at radius 3 is 2.65 bits per heavy atom. The van der Waals surface area contributed by atoms with Gasteiger partial charge >= 0.3 is 0 Å². The van der Waals surface area contributed by atoms with Gasteiger partial charge in [-0.1, -0.05) is 36.4 Å². The number of benzene rings is 2. The molecular weight excluding hydrogens is 292 g/mol. The number of aromatic nitrogens is 1. The summed E-state index contributed by atoms with van der Waals surface area (Å²) in [4.78, 5) is 25.2. The lowest BCUT2D eigenvalue weighted by molar-refractivity contribution is 0.0912. The lowest BCUT2D eigenvalue weighted by Crippen LogP contribution is -2.28. The highest BCUT2D eigenvalue weighted by atomic mass is 16.3. The number of aliphatic hydroxyl groups excluding tert-OH is 1. The van der Waals surface area contributed by atoms with Crippen LogP contribution in [-0.4, -0.2) is 28.8 Å². The zero-order valence-corrected chi connectivity index (χ0v) is 12.3. The van der Waals surface area contributed by atoms with Gasteiger partial charge in [0.25, 0.3) is 5.91 Å². The number of hydrogen-bond donors (Lipinski definition) is 3. The van der Waals surface area contributed by atoms with Crippen LogP contribution < -0.4 is 5.32 Å². The van der Waals surface area contributed by atoms with Crippen LogP contribution in [0.4, 0.5) is 0 Å². The molecule has 0 saturated carbocycles. The Bertz CT molecular complexity index is 854. The average Bonchev–Trinajstić information content (AvgIpc) is 3.08. The first-order valence-corrected chi connectivity index (χ1v) is 7.26. The molecule has 1 amide bonds. The van der Waals surface area contributed by atoms with Crippen molar-refractivity contribution in [3.05, 3.63) is 71.5 Å². The van der Waals surface area contributed by atoms with E-state index in [-0.39, 0.29) is 18.1 Å². The lowest BCUT2D eigenvalue weighted by atomic mass is 10.0. The Morgan fingerprint density at radius 2 is 1.91 bits per heavy atom. The van der Waals surface area contributed by atoms with Gasteiger partial charge in [0, 0.05) is 6.54 Å². The number of carbonyl (C=O) groups excluding carboxylic acids is 2. The Morgan fingerprint density at radius 1 is 1.13 bits per heavy atom. The van der Waals surface area contributed by atoms with Crippen LogP contribution in [-0.2, 0) is 0 Å². The standard InChI is InChI=1S/C18H16N2O3/c21-11-15-7-8-16(20-15)18(23)19-10-17(22)14-6-5-12-3-1-2-4-13(12)9-14/h1-9,11,17,20,22H,10H2,(H,19,23). The summed E-state index contributed by atoms with van der Waals surface area (Å²) in [5, 5.41) is 15.0. The highest BCUT2D eigenvalue weighted by Crippen LogP contribution is 2.20. The van der Waals surface area contributed by atoms with E-state index in [0.717, 1.165) is 16.3 Å². The van der Waals surface area contributed by atoms with Gasteiger partial charge in [-0.3, -0.25) is 9.59 Å². The van der Waals surface area contributed by atoms with Gasteiger partial charge in [0.05, 0.1) is 11.8 Å². The number of carbonyl (C=O) groups is 2.